The first-order valence-corrected chi connectivity index (χ1v) is 8.05. The van der Waals surface area contributed by atoms with E-state index >= 15 is 0 Å². The van der Waals surface area contributed by atoms with Gasteiger partial charge in [-0.25, -0.2) is 4.39 Å². The van der Waals surface area contributed by atoms with Crippen LogP contribution < -0.4 is 5.32 Å². The molecule has 4 heteroatoms. The van der Waals surface area contributed by atoms with Gasteiger partial charge in [0.05, 0.1) is 10.1 Å². The number of halogens is 2. The van der Waals surface area contributed by atoms with Crippen LogP contribution in [0.1, 0.15) is 39.2 Å². The summed E-state index contributed by atoms with van der Waals surface area (Å²) in [4.78, 5) is 0. The van der Waals surface area contributed by atoms with E-state index in [4.69, 9.17) is 4.74 Å². The minimum Gasteiger partial charge on any atom is -0.377 e. The maximum Gasteiger partial charge on any atom is 0.137 e. The highest BCUT2D eigenvalue weighted by atomic mass is 79.9. The largest absolute Gasteiger partial charge is 0.377 e. The molecule has 0 aliphatic carbocycles. The van der Waals surface area contributed by atoms with E-state index in [-0.39, 0.29) is 17.5 Å². The van der Waals surface area contributed by atoms with Crippen LogP contribution in [0.4, 0.5) is 4.39 Å². The summed E-state index contributed by atoms with van der Waals surface area (Å²) in [6, 6.07) is 5.35. The second kappa shape index (κ2) is 8.11. The van der Waals surface area contributed by atoms with E-state index in [1.807, 2.05) is 6.07 Å². The van der Waals surface area contributed by atoms with Crippen molar-refractivity contribution in [1.29, 1.82) is 0 Å². The van der Waals surface area contributed by atoms with Crippen molar-refractivity contribution >= 4 is 15.9 Å². The number of methoxy groups -OCH3 is 1. The van der Waals surface area contributed by atoms with Crippen LogP contribution in [0.5, 0.6) is 0 Å². The molecule has 0 radical (unpaired) electrons. The summed E-state index contributed by atoms with van der Waals surface area (Å²) in [5.41, 5.74) is 0.751. The molecule has 0 saturated heterocycles. The van der Waals surface area contributed by atoms with Crippen molar-refractivity contribution in [3.63, 3.8) is 0 Å². The van der Waals surface area contributed by atoms with Crippen molar-refractivity contribution in [2.45, 2.75) is 51.7 Å². The molecule has 0 amide bonds. The van der Waals surface area contributed by atoms with Crippen molar-refractivity contribution in [2.24, 2.45) is 0 Å². The third-order valence-corrected chi connectivity index (χ3v) is 5.03. The van der Waals surface area contributed by atoms with Gasteiger partial charge in [0.2, 0.25) is 0 Å². The Bertz CT molecular complexity index is 413. The fourth-order valence-electron chi connectivity index (χ4n) is 2.79. The fraction of sp³-hybridized carbons (Fsp3) is 0.625. The van der Waals surface area contributed by atoms with Crippen LogP contribution in [-0.2, 0) is 11.2 Å². The molecule has 1 aromatic carbocycles. The van der Waals surface area contributed by atoms with Crippen LogP contribution in [-0.4, -0.2) is 25.3 Å². The number of hydrogen-bond acceptors (Lipinski definition) is 2. The smallest absolute Gasteiger partial charge is 0.137 e. The molecule has 0 heterocycles. The zero-order chi connectivity index (χ0) is 15.2. The van der Waals surface area contributed by atoms with E-state index < -0.39 is 0 Å². The summed E-state index contributed by atoms with van der Waals surface area (Å²) >= 11 is 3.35. The summed E-state index contributed by atoms with van der Waals surface area (Å²) in [5, 5.41) is 3.50. The predicted octanol–water partition coefficient (Wildman–Crippen LogP) is 4.31. The molecule has 1 aromatic rings. The Morgan fingerprint density at radius 3 is 2.45 bits per heavy atom. The van der Waals surface area contributed by atoms with Crippen molar-refractivity contribution in [1.82, 2.24) is 5.32 Å². The summed E-state index contributed by atoms with van der Waals surface area (Å²) in [7, 11) is 1.76. The van der Waals surface area contributed by atoms with Gasteiger partial charge >= 0.3 is 0 Å². The topological polar surface area (TPSA) is 21.3 Å². The number of ether oxygens (including phenoxy) is 1. The summed E-state index contributed by atoms with van der Waals surface area (Å²) in [5.74, 6) is -0.214. The van der Waals surface area contributed by atoms with Gasteiger partial charge in [0.15, 0.2) is 0 Å². The lowest BCUT2D eigenvalue weighted by molar-refractivity contribution is -0.0469. The van der Waals surface area contributed by atoms with E-state index in [0.29, 0.717) is 4.47 Å². The molecule has 0 aliphatic heterocycles. The lowest BCUT2D eigenvalue weighted by Gasteiger charge is -2.39. The van der Waals surface area contributed by atoms with Gasteiger partial charge in [-0.3, -0.25) is 0 Å². The number of nitrogens with one attached hydrogen (secondary N) is 1. The molecule has 0 spiro atoms. The average Bonchev–Trinajstić information content (AvgIpc) is 2.46. The molecule has 1 rings (SSSR count). The summed E-state index contributed by atoms with van der Waals surface area (Å²) < 4.78 is 20.0. The molecule has 0 fully saturated rings. The first-order valence-electron chi connectivity index (χ1n) is 7.26. The lowest BCUT2D eigenvalue weighted by Crippen LogP contribution is -2.52. The number of likely N-dealkylation sites (N-methyl/N-ethyl adjacent to an activating group) is 1. The molecule has 1 atom stereocenters. The van der Waals surface area contributed by atoms with Crippen molar-refractivity contribution in [2.75, 3.05) is 13.7 Å². The van der Waals surface area contributed by atoms with Gasteiger partial charge in [0.1, 0.15) is 5.82 Å². The molecule has 1 N–H and O–H groups in total. The normalized spacial score (nSPS) is 13.5. The maximum atomic E-state index is 13.7. The molecule has 20 heavy (non-hydrogen) atoms. The van der Waals surface area contributed by atoms with E-state index in [1.165, 1.54) is 6.07 Å². The zero-order valence-corrected chi connectivity index (χ0v) is 14.4. The highest BCUT2D eigenvalue weighted by molar-refractivity contribution is 9.10. The van der Waals surface area contributed by atoms with E-state index in [1.54, 1.807) is 13.2 Å². The van der Waals surface area contributed by atoms with Crippen molar-refractivity contribution in [3.8, 4) is 0 Å². The van der Waals surface area contributed by atoms with Crippen LogP contribution in [0.25, 0.3) is 0 Å². The number of benzene rings is 1. The molecule has 114 valence electrons. The van der Waals surface area contributed by atoms with Gasteiger partial charge in [-0.2, -0.15) is 0 Å². The molecule has 0 bridgehead atoms. The zero-order valence-electron chi connectivity index (χ0n) is 12.8. The monoisotopic (exact) mass is 345 g/mol. The molecule has 0 saturated carbocycles. The summed E-state index contributed by atoms with van der Waals surface area (Å²) in [6.07, 6.45) is 2.58. The maximum absolute atomic E-state index is 13.7. The molecule has 0 aliphatic rings. The van der Waals surface area contributed by atoms with Crippen LogP contribution in [0.2, 0.25) is 0 Å². The van der Waals surface area contributed by atoms with Crippen LogP contribution >= 0.6 is 15.9 Å². The second-order valence-corrected chi connectivity index (χ2v) is 5.80. The van der Waals surface area contributed by atoms with E-state index in [9.17, 15) is 4.39 Å². The Morgan fingerprint density at radius 2 is 1.95 bits per heavy atom. The van der Waals surface area contributed by atoms with Crippen LogP contribution in [0.15, 0.2) is 22.7 Å². The molecular weight excluding hydrogens is 321 g/mol. The number of rotatable bonds is 8. The first kappa shape index (κ1) is 17.6. The quantitative estimate of drug-likeness (QED) is 0.757. The van der Waals surface area contributed by atoms with E-state index in [2.05, 4.69) is 42.0 Å². The Labute approximate surface area is 130 Å². The Morgan fingerprint density at radius 1 is 1.30 bits per heavy atom. The predicted molar refractivity (Wildman–Crippen MR) is 85.6 cm³/mol. The SMILES string of the molecule is CCNC(Cc1cccc(F)c1Br)C(CC)(CC)OC. The minimum absolute atomic E-state index is 0.158. The highest BCUT2D eigenvalue weighted by Gasteiger charge is 2.35. The molecule has 2 nitrogen and oxygen atoms in total. The van der Waals surface area contributed by atoms with Gasteiger partial charge in [0, 0.05) is 13.2 Å². The van der Waals surface area contributed by atoms with E-state index in [0.717, 1.165) is 31.4 Å². The molecule has 0 aromatic heterocycles. The molecular formula is C16H25BrFNO. The van der Waals surface area contributed by atoms with Gasteiger partial charge < -0.3 is 10.1 Å². The first-order chi connectivity index (χ1) is 9.54. The second-order valence-electron chi connectivity index (χ2n) is 5.00. The van der Waals surface area contributed by atoms with Crippen LogP contribution in [0.3, 0.4) is 0 Å². The molecule has 1 unspecified atom stereocenters. The van der Waals surface area contributed by atoms with Crippen molar-refractivity contribution in [3.05, 3.63) is 34.1 Å². The van der Waals surface area contributed by atoms with Gasteiger partial charge in [-0.1, -0.05) is 32.9 Å². The van der Waals surface area contributed by atoms with Gasteiger partial charge in [0.25, 0.3) is 0 Å². The van der Waals surface area contributed by atoms with Crippen LogP contribution in [0, 0.1) is 5.82 Å². The average molecular weight is 346 g/mol. The fourth-order valence-corrected chi connectivity index (χ4v) is 3.22. The summed E-state index contributed by atoms with van der Waals surface area (Å²) in [6.45, 7) is 7.22. The minimum atomic E-state index is -0.220. The highest BCUT2D eigenvalue weighted by Crippen LogP contribution is 2.29. The number of hydrogen-bond donors (Lipinski definition) is 1. The third kappa shape index (κ3) is 3.80. The Hall–Kier alpha value is -0.450. The van der Waals surface area contributed by atoms with Gasteiger partial charge in [-0.05, 0) is 53.4 Å². The standard InChI is InChI=1S/C16H25BrFNO/c1-5-16(6-2,20-4)14(19-7-3)11-12-9-8-10-13(18)15(12)17/h8-10,14,19H,5-7,11H2,1-4H3. The third-order valence-electron chi connectivity index (χ3n) is 4.14. The lowest BCUT2D eigenvalue weighted by atomic mass is 9.84. The Kier molecular flexibility index (Phi) is 7.13. The van der Waals surface area contributed by atoms with Crippen molar-refractivity contribution < 1.29 is 9.13 Å². The van der Waals surface area contributed by atoms with Gasteiger partial charge in [-0.15, -0.1) is 0 Å². The Balaban J connectivity index is 3.05.